The lowest BCUT2D eigenvalue weighted by Gasteiger charge is -2.25. The molecule has 0 bridgehead atoms. The van der Waals surface area contributed by atoms with Gasteiger partial charge in [0.2, 0.25) is 0 Å². The van der Waals surface area contributed by atoms with Gasteiger partial charge in [0, 0.05) is 11.0 Å². The number of rotatable bonds is 12. The first-order valence-corrected chi connectivity index (χ1v) is 12.4. The first kappa shape index (κ1) is 27.1. The summed E-state index contributed by atoms with van der Waals surface area (Å²) in [5.41, 5.74) is 4.73. The second-order valence-corrected chi connectivity index (χ2v) is 8.95. The molecule has 182 valence electrons. The Bertz CT molecular complexity index is 1050. The van der Waals surface area contributed by atoms with Gasteiger partial charge in [0.25, 0.3) is 5.91 Å². The van der Waals surface area contributed by atoms with Crippen LogP contribution in [0.5, 0.6) is 0 Å². The number of aromatic nitrogens is 1. The SMILES string of the molecule is C=C(NC(C(=C)NC(=O)c1csc(C(/C=C\CC)=C/C=C(\C)CCC)n1)=C1CCC1)C(=O)OC. The molecule has 7 heteroatoms. The summed E-state index contributed by atoms with van der Waals surface area (Å²) in [6, 6.07) is 0. The number of nitrogens with zero attached hydrogens (tertiary/aromatic N) is 1. The third kappa shape index (κ3) is 7.70. The minimum atomic E-state index is -0.566. The molecular weight excluding hydrogens is 446 g/mol. The van der Waals surface area contributed by atoms with Crippen LogP contribution in [-0.4, -0.2) is 24.0 Å². The second-order valence-electron chi connectivity index (χ2n) is 8.09. The summed E-state index contributed by atoms with van der Waals surface area (Å²) in [5, 5.41) is 8.30. The summed E-state index contributed by atoms with van der Waals surface area (Å²) in [6.07, 6.45) is 14.1. The van der Waals surface area contributed by atoms with Crippen molar-refractivity contribution in [2.45, 2.75) is 59.3 Å². The normalized spacial score (nSPS) is 13.9. The second kappa shape index (κ2) is 13.5. The highest BCUT2D eigenvalue weighted by Crippen LogP contribution is 2.30. The van der Waals surface area contributed by atoms with Crippen molar-refractivity contribution in [1.82, 2.24) is 15.6 Å². The van der Waals surface area contributed by atoms with Gasteiger partial charge < -0.3 is 15.4 Å². The van der Waals surface area contributed by atoms with E-state index < -0.39 is 5.97 Å². The van der Waals surface area contributed by atoms with Gasteiger partial charge in [-0.3, -0.25) is 4.79 Å². The van der Waals surface area contributed by atoms with Gasteiger partial charge in [0.1, 0.15) is 16.4 Å². The number of amides is 1. The lowest BCUT2D eigenvalue weighted by atomic mass is 9.89. The predicted molar refractivity (Wildman–Crippen MR) is 140 cm³/mol. The molecule has 1 aromatic heterocycles. The Morgan fingerprint density at radius 1 is 1.18 bits per heavy atom. The Balaban J connectivity index is 2.19. The monoisotopic (exact) mass is 481 g/mol. The van der Waals surface area contributed by atoms with E-state index in [1.807, 2.05) is 6.08 Å². The number of esters is 1. The number of carbonyl (C=O) groups excluding carboxylic acids is 2. The fraction of sp³-hybridized carbons (Fsp3) is 0.370. The van der Waals surface area contributed by atoms with E-state index in [0.29, 0.717) is 17.1 Å². The van der Waals surface area contributed by atoms with Crippen molar-refractivity contribution in [1.29, 1.82) is 0 Å². The lowest BCUT2D eigenvalue weighted by Crippen LogP contribution is -2.31. The number of nitrogens with one attached hydrogen (secondary N) is 2. The molecule has 1 heterocycles. The number of ether oxygens (including phenoxy) is 1. The number of allylic oxidation sites excluding steroid dienone is 7. The Morgan fingerprint density at radius 3 is 2.50 bits per heavy atom. The number of hydrogen-bond acceptors (Lipinski definition) is 6. The first-order valence-electron chi connectivity index (χ1n) is 11.6. The maximum atomic E-state index is 12.9. The van der Waals surface area contributed by atoms with E-state index in [1.54, 1.807) is 5.38 Å². The zero-order chi connectivity index (χ0) is 25.1. The van der Waals surface area contributed by atoms with E-state index >= 15 is 0 Å². The third-order valence-electron chi connectivity index (χ3n) is 5.29. The fourth-order valence-corrected chi connectivity index (χ4v) is 4.04. The van der Waals surface area contributed by atoms with Crippen LogP contribution in [0.25, 0.3) is 5.57 Å². The topological polar surface area (TPSA) is 80.3 Å². The van der Waals surface area contributed by atoms with Crippen LogP contribution < -0.4 is 10.6 Å². The van der Waals surface area contributed by atoms with Crippen LogP contribution in [0.3, 0.4) is 0 Å². The van der Waals surface area contributed by atoms with E-state index in [-0.39, 0.29) is 11.6 Å². The molecular formula is C27H35N3O3S. The van der Waals surface area contributed by atoms with Gasteiger partial charge >= 0.3 is 5.97 Å². The largest absolute Gasteiger partial charge is 0.464 e. The number of carbonyl (C=O) groups is 2. The highest BCUT2D eigenvalue weighted by Gasteiger charge is 2.21. The summed E-state index contributed by atoms with van der Waals surface area (Å²) in [6.45, 7) is 14.1. The molecule has 1 aliphatic carbocycles. The molecule has 1 fully saturated rings. The lowest BCUT2D eigenvalue weighted by molar-refractivity contribution is -0.136. The maximum absolute atomic E-state index is 12.9. The minimum Gasteiger partial charge on any atom is -0.464 e. The molecule has 34 heavy (non-hydrogen) atoms. The molecule has 1 aliphatic rings. The van der Waals surface area contributed by atoms with Gasteiger partial charge in [-0.05, 0) is 44.6 Å². The van der Waals surface area contributed by atoms with Crippen molar-refractivity contribution in [2.24, 2.45) is 0 Å². The number of methoxy groups -OCH3 is 1. The Kier molecular flexibility index (Phi) is 10.7. The van der Waals surface area contributed by atoms with Crippen molar-refractivity contribution >= 4 is 28.8 Å². The van der Waals surface area contributed by atoms with Crippen LogP contribution in [0, 0.1) is 0 Å². The van der Waals surface area contributed by atoms with Crippen molar-refractivity contribution < 1.29 is 14.3 Å². The van der Waals surface area contributed by atoms with Crippen LogP contribution in [0.15, 0.2) is 71.1 Å². The zero-order valence-electron chi connectivity index (χ0n) is 20.6. The predicted octanol–water partition coefficient (Wildman–Crippen LogP) is 6.20. The zero-order valence-corrected chi connectivity index (χ0v) is 21.4. The van der Waals surface area contributed by atoms with E-state index in [9.17, 15) is 9.59 Å². The van der Waals surface area contributed by atoms with Gasteiger partial charge in [-0.2, -0.15) is 0 Å². The summed E-state index contributed by atoms with van der Waals surface area (Å²) in [4.78, 5) is 29.3. The summed E-state index contributed by atoms with van der Waals surface area (Å²) in [5.74, 6) is -0.921. The smallest absolute Gasteiger partial charge is 0.353 e. The molecule has 0 saturated heterocycles. The first-order chi connectivity index (χ1) is 16.3. The van der Waals surface area contributed by atoms with Gasteiger partial charge in [-0.15, -0.1) is 11.3 Å². The van der Waals surface area contributed by atoms with Crippen LogP contribution in [0.1, 0.15) is 74.8 Å². The Labute approximate surface area is 206 Å². The standard InChI is InChI=1S/C27H35N3O3S/c1-7-9-12-22(16-15-18(3)11-8-2)26-30-23(17-34-26)25(31)29-19(4)24(21-13-10-14-21)28-20(5)27(32)33-6/h9,12,15-17,28H,4-5,7-8,10-11,13-14H2,1-3,6H3,(H,29,31)/b12-9-,18-15+,22-16+. The van der Waals surface area contributed by atoms with Crippen LogP contribution in [0.2, 0.25) is 0 Å². The van der Waals surface area contributed by atoms with Crippen molar-refractivity contribution in [3.8, 4) is 0 Å². The van der Waals surface area contributed by atoms with E-state index in [4.69, 9.17) is 4.74 Å². The minimum absolute atomic E-state index is 0.0900. The molecule has 1 amide bonds. The van der Waals surface area contributed by atoms with Gasteiger partial charge in [0.05, 0.1) is 18.5 Å². The van der Waals surface area contributed by atoms with Crippen LogP contribution >= 0.6 is 11.3 Å². The van der Waals surface area contributed by atoms with Gasteiger partial charge in [-0.1, -0.05) is 63.3 Å². The van der Waals surface area contributed by atoms with Crippen molar-refractivity contribution in [3.63, 3.8) is 0 Å². The molecule has 6 nitrogen and oxygen atoms in total. The van der Waals surface area contributed by atoms with E-state index in [2.05, 4.69) is 67.8 Å². The third-order valence-corrected chi connectivity index (χ3v) is 6.18. The molecule has 0 aromatic carbocycles. The highest BCUT2D eigenvalue weighted by molar-refractivity contribution is 7.11. The average molecular weight is 482 g/mol. The molecule has 1 aromatic rings. The Morgan fingerprint density at radius 2 is 1.91 bits per heavy atom. The van der Waals surface area contributed by atoms with Gasteiger partial charge in [0.15, 0.2) is 0 Å². The molecule has 2 rings (SSSR count). The number of hydrogen-bond donors (Lipinski definition) is 2. The molecule has 0 radical (unpaired) electrons. The van der Waals surface area contributed by atoms with E-state index in [0.717, 1.165) is 54.7 Å². The van der Waals surface area contributed by atoms with Crippen molar-refractivity contribution in [2.75, 3.05) is 7.11 Å². The summed E-state index contributed by atoms with van der Waals surface area (Å²) < 4.78 is 4.71. The molecule has 0 aliphatic heterocycles. The van der Waals surface area contributed by atoms with Crippen molar-refractivity contribution in [3.05, 3.63) is 81.8 Å². The van der Waals surface area contributed by atoms with Gasteiger partial charge in [-0.25, -0.2) is 9.78 Å². The fourth-order valence-electron chi connectivity index (χ4n) is 3.23. The van der Waals surface area contributed by atoms with E-state index in [1.165, 1.54) is 24.0 Å². The quantitative estimate of drug-likeness (QED) is 0.211. The average Bonchev–Trinajstić information content (AvgIpc) is 3.27. The highest BCUT2D eigenvalue weighted by atomic mass is 32.1. The van der Waals surface area contributed by atoms with Crippen LogP contribution in [-0.2, 0) is 9.53 Å². The molecule has 2 N–H and O–H groups in total. The summed E-state index contributed by atoms with van der Waals surface area (Å²) in [7, 11) is 1.29. The molecule has 0 unspecified atom stereocenters. The Hall–Kier alpha value is -3.19. The maximum Gasteiger partial charge on any atom is 0.353 e. The molecule has 0 atom stereocenters. The summed E-state index contributed by atoms with van der Waals surface area (Å²) >= 11 is 1.42. The van der Waals surface area contributed by atoms with Crippen LogP contribution in [0.4, 0.5) is 0 Å². The molecule has 0 spiro atoms. The molecule has 1 saturated carbocycles. The number of thiazole rings is 1.